The fourth-order valence-electron chi connectivity index (χ4n) is 1.55. The molecule has 0 fully saturated rings. The van der Waals surface area contributed by atoms with Crippen molar-refractivity contribution in [1.29, 1.82) is 0 Å². The number of hydrogen-bond donors (Lipinski definition) is 0. The van der Waals surface area contributed by atoms with E-state index in [-0.39, 0.29) is 5.56 Å². The van der Waals surface area contributed by atoms with Crippen molar-refractivity contribution in [1.82, 2.24) is 24.5 Å². The third-order valence-electron chi connectivity index (χ3n) is 2.31. The third kappa shape index (κ3) is 1.48. The van der Waals surface area contributed by atoms with E-state index in [9.17, 15) is 4.79 Å². The summed E-state index contributed by atoms with van der Waals surface area (Å²) in [6, 6.07) is 1.60. The molecule has 3 aromatic heterocycles. The van der Waals surface area contributed by atoms with Crippen LogP contribution in [0.4, 0.5) is 0 Å². The standard InChI is InChI=1S/C9H6BrN5O2/c1-14-9(12-8(10)13-14)15-7(16)5-2-3-17-6(5)4-11-15/h2-4H,1H3. The van der Waals surface area contributed by atoms with Crippen LogP contribution < -0.4 is 5.56 Å². The minimum absolute atomic E-state index is 0.292. The van der Waals surface area contributed by atoms with Crippen LogP contribution in [0.5, 0.6) is 0 Å². The number of aromatic nitrogens is 5. The van der Waals surface area contributed by atoms with E-state index in [1.165, 1.54) is 21.8 Å². The summed E-state index contributed by atoms with van der Waals surface area (Å²) >= 11 is 3.14. The quantitative estimate of drug-likeness (QED) is 0.665. The summed E-state index contributed by atoms with van der Waals surface area (Å²) < 4.78 is 8.14. The molecule has 0 atom stereocenters. The minimum Gasteiger partial charge on any atom is -0.462 e. The molecule has 7 nitrogen and oxygen atoms in total. The van der Waals surface area contributed by atoms with Crippen molar-refractivity contribution in [3.8, 4) is 5.95 Å². The van der Waals surface area contributed by atoms with Gasteiger partial charge in [0.25, 0.3) is 11.5 Å². The maximum atomic E-state index is 12.1. The number of fused-ring (bicyclic) bond motifs is 1. The molecule has 3 aromatic rings. The van der Waals surface area contributed by atoms with Gasteiger partial charge >= 0.3 is 0 Å². The van der Waals surface area contributed by atoms with E-state index >= 15 is 0 Å². The van der Waals surface area contributed by atoms with Crippen molar-refractivity contribution in [2.45, 2.75) is 0 Å². The van der Waals surface area contributed by atoms with Crippen molar-refractivity contribution in [3.05, 3.63) is 33.6 Å². The Balaban J connectivity index is 2.34. The number of rotatable bonds is 1. The topological polar surface area (TPSA) is 78.7 Å². The van der Waals surface area contributed by atoms with E-state index < -0.39 is 0 Å². The molecule has 17 heavy (non-hydrogen) atoms. The van der Waals surface area contributed by atoms with Crippen molar-refractivity contribution in [2.75, 3.05) is 0 Å². The van der Waals surface area contributed by atoms with Gasteiger partial charge in [-0.25, -0.2) is 4.68 Å². The highest BCUT2D eigenvalue weighted by atomic mass is 79.9. The molecular formula is C9H6BrN5O2. The molecule has 0 radical (unpaired) electrons. The summed E-state index contributed by atoms with van der Waals surface area (Å²) in [6.45, 7) is 0. The number of nitrogens with zero attached hydrogens (tertiary/aromatic N) is 5. The molecule has 3 heterocycles. The van der Waals surface area contributed by atoms with Gasteiger partial charge in [-0.3, -0.25) is 4.79 Å². The molecule has 0 saturated heterocycles. The Morgan fingerprint density at radius 3 is 3.00 bits per heavy atom. The lowest BCUT2D eigenvalue weighted by atomic mass is 10.4. The molecule has 0 aliphatic carbocycles. The van der Waals surface area contributed by atoms with Crippen LogP contribution in [0.3, 0.4) is 0 Å². The maximum absolute atomic E-state index is 12.1. The summed E-state index contributed by atoms with van der Waals surface area (Å²) in [5.41, 5.74) is 0.159. The van der Waals surface area contributed by atoms with Crippen LogP contribution in [-0.4, -0.2) is 24.5 Å². The Labute approximate surface area is 103 Å². The highest BCUT2D eigenvalue weighted by Crippen LogP contribution is 2.11. The molecule has 0 N–H and O–H groups in total. The zero-order chi connectivity index (χ0) is 12.0. The third-order valence-corrected chi connectivity index (χ3v) is 2.65. The second kappa shape index (κ2) is 3.52. The number of halogens is 1. The summed E-state index contributed by atoms with van der Waals surface area (Å²) in [7, 11) is 1.68. The lowest BCUT2D eigenvalue weighted by Crippen LogP contribution is -2.23. The van der Waals surface area contributed by atoms with Crippen molar-refractivity contribution < 1.29 is 4.42 Å². The normalized spacial score (nSPS) is 11.2. The Kier molecular flexibility index (Phi) is 2.11. The van der Waals surface area contributed by atoms with E-state index in [1.807, 2.05) is 0 Å². The summed E-state index contributed by atoms with van der Waals surface area (Å²) in [5, 5.41) is 8.44. The van der Waals surface area contributed by atoms with Gasteiger partial charge in [-0.15, -0.1) is 5.10 Å². The zero-order valence-electron chi connectivity index (χ0n) is 8.66. The van der Waals surface area contributed by atoms with E-state index in [4.69, 9.17) is 4.42 Å². The Morgan fingerprint density at radius 1 is 1.47 bits per heavy atom. The molecule has 0 aliphatic heterocycles. The molecule has 0 saturated carbocycles. The Hall–Kier alpha value is -1.96. The predicted octanol–water partition coefficient (Wildman–Crippen LogP) is 0.870. The van der Waals surface area contributed by atoms with Gasteiger partial charge in [0.05, 0.1) is 17.8 Å². The van der Waals surface area contributed by atoms with Gasteiger partial charge in [-0.1, -0.05) is 0 Å². The van der Waals surface area contributed by atoms with E-state index in [0.717, 1.165) is 0 Å². The minimum atomic E-state index is -0.292. The van der Waals surface area contributed by atoms with Crippen LogP contribution in [0.1, 0.15) is 0 Å². The van der Waals surface area contributed by atoms with Gasteiger partial charge in [-0.05, 0) is 22.0 Å². The van der Waals surface area contributed by atoms with Crippen LogP contribution in [0.25, 0.3) is 16.9 Å². The summed E-state index contributed by atoms with van der Waals surface area (Å²) in [5.74, 6) is 0.338. The molecule has 0 unspecified atom stereocenters. The van der Waals surface area contributed by atoms with Crippen LogP contribution >= 0.6 is 15.9 Å². The highest BCUT2D eigenvalue weighted by Gasteiger charge is 2.13. The monoisotopic (exact) mass is 295 g/mol. The molecule has 0 aromatic carbocycles. The molecule has 0 aliphatic rings. The first-order valence-electron chi connectivity index (χ1n) is 4.69. The zero-order valence-corrected chi connectivity index (χ0v) is 10.2. The second-order valence-electron chi connectivity index (χ2n) is 3.36. The van der Waals surface area contributed by atoms with E-state index in [2.05, 4.69) is 31.1 Å². The van der Waals surface area contributed by atoms with Gasteiger partial charge in [0.15, 0.2) is 5.58 Å². The SMILES string of the molecule is Cn1nc(Br)nc1-n1ncc2occc2c1=O. The van der Waals surface area contributed by atoms with Gasteiger partial charge in [0.1, 0.15) is 0 Å². The van der Waals surface area contributed by atoms with Gasteiger partial charge in [0.2, 0.25) is 4.73 Å². The molecule has 0 bridgehead atoms. The molecule has 0 amide bonds. The van der Waals surface area contributed by atoms with Crippen LogP contribution in [0.2, 0.25) is 0 Å². The Morgan fingerprint density at radius 2 is 2.29 bits per heavy atom. The average Bonchev–Trinajstić information content (AvgIpc) is 2.86. The van der Waals surface area contributed by atoms with Crippen molar-refractivity contribution in [3.63, 3.8) is 0 Å². The van der Waals surface area contributed by atoms with E-state index in [1.54, 1.807) is 13.1 Å². The maximum Gasteiger partial charge on any atom is 0.285 e. The molecule has 86 valence electrons. The first-order chi connectivity index (χ1) is 8.16. The molecule has 0 spiro atoms. The lowest BCUT2D eigenvalue weighted by Gasteiger charge is -2.01. The number of aryl methyl sites for hydroxylation is 1. The number of hydrogen-bond acceptors (Lipinski definition) is 5. The van der Waals surface area contributed by atoms with Gasteiger partial charge in [-0.2, -0.15) is 14.8 Å². The van der Waals surface area contributed by atoms with Crippen molar-refractivity contribution >= 4 is 26.9 Å². The lowest BCUT2D eigenvalue weighted by molar-refractivity contribution is 0.607. The van der Waals surface area contributed by atoms with Crippen LogP contribution in [0, 0.1) is 0 Å². The van der Waals surface area contributed by atoms with E-state index in [0.29, 0.717) is 21.7 Å². The fourth-order valence-corrected chi connectivity index (χ4v) is 1.94. The summed E-state index contributed by atoms with van der Waals surface area (Å²) in [4.78, 5) is 16.2. The molecule has 3 rings (SSSR count). The fraction of sp³-hybridized carbons (Fsp3) is 0.111. The smallest absolute Gasteiger partial charge is 0.285 e. The first kappa shape index (κ1) is 10.2. The Bertz CT molecular complexity index is 756. The van der Waals surface area contributed by atoms with Crippen LogP contribution in [0.15, 0.2) is 32.5 Å². The van der Waals surface area contributed by atoms with Crippen LogP contribution in [-0.2, 0) is 7.05 Å². The average molecular weight is 296 g/mol. The largest absolute Gasteiger partial charge is 0.462 e. The van der Waals surface area contributed by atoms with Gasteiger partial charge < -0.3 is 4.42 Å². The number of furan rings is 1. The van der Waals surface area contributed by atoms with Crippen molar-refractivity contribution in [2.24, 2.45) is 7.05 Å². The predicted molar refractivity (Wildman–Crippen MR) is 61.9 cm³/mol. The summed E-state index contributed by atoms with van der Waals surface area (Å²) in [6.07, 6.45) is 2.92. The van der Waals surface area contributed by atoms with Gasteiger partial charge in [0, 0.05) is 7.05 Å². The second-order valence-corrected chi connectivity index (χ2v) is 4.07. The molecule has 8 heteroatoms. The first-order valence-corrected chi connectivity index (χ1v) is 5.48. The highest BCUT2D eigenvalue weighted by molar-refractivity contribution is 9.10. The molecular weight excluding hydrogens is 290 g/mol.